The number of rotatable bonds is 2. The minimum atomic E-state index is -2.12. The van der Waals surface area contributed by atoms with Crippen molar-refractivity contribution < 1.29 is 4.57 Å². The summed E-state index contributed by atoms with van der Waals surface area (Å²) in [4.78, 5) is 4.97. The molecule has 0 radical (unpaired) electrons. The molecule has 3 nitrogen and oxygen atoms in total. The van der Waals surface area contributed by atoms with Gasteiger partial charge in [0.05, 0.1) is 0 Å². The molecule has 184 valence electrons. The van der Waals surface area contributed by atoms with Crippen LogP contribution in [0, 0.1) is 26.2 Å². The fourth-order valence-corrected chi connectivity index (χ4v) is 8.54. The van der Waals surface area contributed by atoms with E-state index in [2.05, 4.69) is 105 Å². The zero-order valence-electron chi connectivity index (χ0n) is 23.5. The first kappa shape index (κ1) is 23.7. The Balaban J connectivity index is 1.97. The monoisotopic (exact) mass is 538 g/mol. The molecular weight excluding hydrogens is 499 g/mol. The van der Waals surface area contributed by atoms with Gasteiger partial charge < -0.3 is 0 Å². The molecule has 36 heavy (non-hydrogen) atoms. The van der Waals surface area contributed by atoms with Crippen molar-refractivity contribution >= 4 is 66.8 Å². The predicted molar refractivity (Wildman–Crippen MR) is 158 cm³/mol. The van der Waals surface area contributed by atoms with Gasteiger partial charge in [0.1, 0.15) is 0 Å². The second-order valence-corrected chi connectivity index (χ2v) is 24.0. The zero-order chi connectivity index (χ0) is 25.9. The first-order valence-corrected chi connectivity index (χ1v) is 20.5. The number of fused-ring (bicyclic) bond motifs is 5. The van der Waals surface area contributed by atoms with E-state index in [4.69, 9.17) is 4.98 Å². The fraction of sp³-hybridized carbons (Fsp3) is 0.375. The van der Waals surface area contributed by atoms with Gasteiger partial charge in [0.15, 0.2) is 0 Å². The average Bonchev–Trinajstić information content (AvgIpc) is 3.06. The van der Waals surface area contributed by atoms with E-state index in [0.717, 1.165) is 11.9 Å². The quantitative estimate of drug-likeness (QED) is 0.0986. The van der Waals surface area contributed by atoms with Crippen molar-refractivity contribution in [1.29, 1.82) is 0 Å². The molecule has 0 aliphatic carbocycles. The molecule has 4 heteroatoms. The summed E-state index contributed by atoms with van der Waals surface area (Å²) < 4.78 is 6.34. The molecular formula is C32H38GeN3+. The number of aryl methyl sites for hydroxylation is 4. The summed E-state index contributed by atoms with van der Waals surface area (Å²) in [6.07, 6.45) is 3.08. The van der Waals surface area contributed by atoms with Crippen molar-refractivity contribution in [2.75, 3.05) is 0 Å². The van der Waals surface area contributed by atoms with Gasteiger partial charge in [-0.3, -0.25) is 0 Å². The van der Waals surface area contributed by atoms with Gasteiger partial charge in [0, 0.05) is 0 Å². The third-order valence-electron chi connectivity index (χ3n) is 8.15. The molecule has 0 aliphatic rings. The van der Waals surface area contributed by atoms with Crippen LogP contribution >= 0.6 is 0 Å². The third kappa shape index (κ3) is 3.31. The van der Waals surface area contributed by atoms with Crippen molar-refractivity contribution in [3.8, 4) is 0 Å². The van der Waals surface area contributed by atoms with Gasteiger partial charge in [-0.25, -0.2) is 0 Å². The predicted octanol–water partition coefficient (Wildman–Crippen LogP) is 7.27. The van der Waals surface area contributed by atoms with Crippen LogP contribution in [0.5, 0.6) is 0 Å². The Morgan fingerprint density at radius 2 is 1.56 bits per heavy atom. The summed E-state index contributed by atoms with van der Waals surface area (Å²) in [5.74, 6) is 7.45. The van der Waals surface area contributed by atoms with Crippen molar-refractivity contribution in [3.63, 3.8) is 0 Å². The Morgan fingerprint density at radius 1 is 0.861 bits per heavy atom. The van der Waals surface area contributed by atoms with E-state index in [1.54, 1.807) is 0 Å². The van der Waals surface area contributed by atoms with Gasteiger partial charge in [-0.1, -0.05) is 0 Å². The topological polar surface area (TPSA) is 21.2 Å². The summed E-state index contributed by atoms with van der Waals surface area (Å²) in [6.45, 7) is 13.9. The van der Waals surface area contributed by atoms with Gasteiger partial charge in [-0.05, 0) is 0 Å². The molecule has 0 fully saturated rings. The van der Waals surface area contributed by atoms with E-state index in [9.17, 15) is 0 Å². The molecule has 0 unspecified atom stereocenters. The number of pyridine rings is 1. The molecule has 0 N–H and O–H groups in total. The molecule has 0 bridgehead atoms. The van der Waals surface area contributed by atoms with Crippen molar-refractivity contribution in [3.05, 3.63) is 58.9 Å². The molecule has 0 saturated heterocycles. The van der Waals surface area contributed by atoms with Crippen LogP contribution in [-0.2, 0) is 13.5 Å². The first-order valence-electron chi connectivity index (χ1n) is 13.2. The number of nitrogens with zero attached hydrogens (tertiary/aromatic N) is 3. The number of hydrogen-bond donors (Lipinski definition) is 0. The van der Waals surface area contributed by atoms with Gasteiger partial charge >= 0.3 is 217 Å². The van der Waals surface area contributed by atoms with E-state index < -0.39 is 13.3 Å². The van der Waals surface area contributed by atoms with Crippen LogP contribution < -0.4 is 8.96 Å². The molecule has 0 aliphatic heterocycles. The van der Waals surface area contributed by atoms with Crippen LogP contribution in [0.25, 0.3) is 49.1 Å². The number of aromatic nitrogens is 3. The normalized spacial score (nSPS) is 13.4. The van der Waals surface area contributed by atoms with Crippen LogP contribution in [0.15, 0.2) is 36.7 Å². The van der Waals surface area contributed by atoms with Gasteiger partial charge in [-0.2, -0.15) is 0 Å². The van der Waals surface area contributed by atoms with Gasteiger partial charge in [0.25, 0.3) is 0 Å². The van der Waals surface area contributed by atoms with Crippen molar-refractivity contribution in [1.82, 2.24) is 9.38 Å². The van der Waals surface area contributed by atoms with E-state index in [-0.39, 0.29) is 5.41 Å². The summed E-state index contributed by atoms with van der Waals surface area (Å²) >= 11 is -2.12. The van der Waals surface area contributed by atoms with Gasteiger partial charge in [0.2, 0.25) is 0 Å². The second kappa shape index (κ2) is 7.44. The Kier molecular flexibility index (Phi) is 4.90. The van der Waals surface area contributed by atoms with Crippen LogP contribution in [0.4, 0.5) is 0 Å². The van der Waals surface area contributed by atoms with E-state index >= 15 is 0 Å². The Bertz CT molecular complexity index is 1860. The molecule has 3 aromatic carbocycles. The average molecular weight is 537 g/mol. The van der Waals surface area contributed by atoms with Crippen molar-refractivity contribution in [2.45, 2.75) is 65.2 Å². The van der Waals surface area contributed by atoms with Crippen LogP contribution in [0.1, 0.15) is 43.0 Å². The third-order valence-corrected chi connectivity index (χ3v) is 12.4. The molecule has 0 spiro atoms. The summed E-state index contributed by atoms with van der Waals surface area (Å²) in [5, 5.41) is 5.38. The van der Waals surface area contributed by atoms with Crippen molar-refractivity contribution in [2.24, 2.45) is 12.5 Å². The Hall–Kier alpha value is -2.66. The summed E-state index contributed by atoms with van der Waals surface area (Å²) in [7, 11) is 2.15. The number of hydrogen-bond acceptors (Lipinski definition) is 1. The SMILES string of the molecule is Cc1cc2c3cc(C)c(C)c4c3n(c2cc1CC(C)(C)C)c1c[c]([Ge]([CH3])([CH3])[CH3])cc2nc[n+](C)c4c21. The first-order chi connectivity index (χ1) is 16.8. The molecule has 6 rings (SSSR count). The molecule has 3 aromatic heterocycles. The van der Waals surface area contributed by atoms with E-state index in [0.29, 0.717) is 0 Å². The Labute approximate surface area is 216 Å². The maximum atomic E-state index is 4.97. The van der Waals surface area contributed by atoms with E-state index in [1.807, 2.05) is 6.33 Å². The molecule has 6 aromatic rings. The van der Waals surface area contributed by atoms with Crippen LogP contribution in [0.2, 0.25) is 17.3 Å². The fourth-order valence-electron chi connectivity index (χ4n) is 6.15. The minimum absolute atomic E-state index is 0.238. The summed E-state index contributed by atoms with van der Waals surface area (Å²) in [5.41, 5.74) is 12.2. The van der Waals surface area contributed by atoms with Crippen LogP contribution in [-0.4, -0.2) is 22.7 Å². The maximum absolute atomic E-state index is 4.97. The standard InChI is InChI=1S/C32H38GeN3/c1-18-11-24-23-12-19(2)21(16-32(4,5)6)13-26(23)36-27-15-22(33(7,8)9)14-25-29(27)31(35(10)17-34-25)28(20(18)3)30(24)36/h11-15,17H,16H2,1-10H3/q+1. The zero-order valence-corrected chi connectivity index (χ0v) is 25.6. The van der Waals surface area contributed by atoms with E-state index in [1.165, 1.54) is 70.3 Å². The second-order valence-electron chi connectivity index (χ2n) is 13.3. The molecule has 0 saturated carbocycles. The van der Waals surface area contributed by atoms with Gasteiger partial charge in [-0.15, -0.1) is 0 Å². The summed E-state index contributed by atoms with van der Waals surface area (Å²) in [6, 6.07) is 12.3. The molecule has 3 heterocycles. The molecule has 0 atom stereocenters. The molecule has 0 amide bonds. The Morgan fingerprint density at radius 3 is 2.22 bits per heavy atom. The van der Waals surface area contributed by atoms with Crippen LogP contribution in [0.3, 0.4) is 0 Å². The number of benzene rings is 3.